The normalized spacial score (nSPS) is 13.2. The molecule has 0 aliphatic rings. The van der Waals surface area contributed by atoms with Gasteiger partial charge in [-0.1, -0.05) is 37.6 Å². The highest BCUT2D eigenvalue weighted by Gasteiger charge is 2.11. The fraction of sp³-hybridized carbons (Fsp3) is 0.538. The molecule has 0 aliphatic carbocycles. The lowest BCUT2D eigenvalue weighted by Crippen LogP contribution is -2.32. The number of nitrogens with one attached hydrogen (secondary N) is 1. The fourth-order valence-electron chi connectivity index (χ4n) is 1.76. The topological polar surface area (TPSA) is 12.0 Å². The van der Waals surface area contributed by atoms with E-state index in [4.69, 9.17) is 11.6 Å². The second-order valence-electron chi connectivity index (χ2n) is 4.43. The minimum Gasteiger partial charge on any atom is -0.316 e. The van der Waals surface area contributed by atoms with Crippen molar-refractivity contribution in [3.63, 3.8) is 0 Å². The molecular formula is C13H20ClN. The van der Waals surface area contributed by atoms with Crippen LogP contribution in [0, 0.1) is 12.8 Å². The van der Waals surface area contributed by atoms with E-state index < -0.39 is 0 Å². The van der Waals surface area contributed by atoms with Crippen molar-refractivity contribution in [2.75, 3.05) is 7.05 Å². The molecule has 1 unspecified atom stereocenters. The van der Waals surface area contributed by atoms with Gasteiger partial charge in [0, 0.05) is 11.1 Å². The van der Waals surface area contributed by atoms with Gasteiger partial charge in [0.05, 0.1) is 0 Å². The first-order chi connectivity index (χ1) is 7.04. The molecule has 1 N–H and O–H groups in total. The summed E-state index contributed by atoms with van der Waals surface area (Å²) in [6.45, 7) is 6.53. The molecule has 0 aliphatic heterocycles. The Bertz CT molecular complexity index is 320. The van der Waals surface area contributed by atoms with E-state index in [9.17, 15) is 0 Å². The minimum atomic E-state index is 0.533. The zero-order valence-corrected chi connectivity index (χ0v) is 10.7. The Morgan fingerprint density at radius 2 is 2.00 bits per heavy atom. The SMILES string of the molecule is CNC(Cc1ccc(Cl)c(C)c1)C(C)C. The third-order valence-corrected chi connectivity index (χ3v) is 3.28. The number of hydrogen-bond acceptors (Lipinski definition) is 1. The first kappa shape index (κ1) is 12.5. The molecule has 1 aromatic carbocycles. The molecule has 1 aromatic rings. The Balaban J connectivity index is 2.75. The summed E-state index contributed by atoms with van der Waals surface area (Å²) < 4.78 is 0. The van der Waals surface area contributed by atoms with Crippen LogP contribution in [0.4, 0.5) is 0 Å². The Labute approximate surface area is 97.8 Å². The highest BCUT2D eigenvalue weighted by Crippen LogP contribution is 2.18. The van der Waals surface area contributed by atoms with Crippen molar-refractivity contribution in [2.45, 2.75) is 33.2 Å². The summed E-state index contributed by atoms with van der Waals surface area (Å²) in [6.07, 6.45) is 1.06. The Hall–Kier alpha value is -0.530. The number of rotatable bonds is 4. The van der Waals surface area contributed by atoms with Crippen LogP contribution in [0.1, 0.15) is 25.0 Å². The van der Waals surface area contributed by atoms with Gasteiger partial charge in [0.25, 0.3) is 0 Å². The van der Waals surface area contributed by atoms with Crippen LogP contribution in [-0.4, -0.2) is 13.1 Å². The molecule has 0 saturated carbocycles. The molecule has 0 spiro atoms. The molecule has 0 saturated heterocycles. The molecule has 1 nitrogen and oxygen atoms in total. The predicted molar refractivity (Wildman–Crippen MR) is 67.6 cm³/mol. The van der Waals surface area contributed by atoms with E-state index in [0.29, 0.717) is 12.0 Å². The number of likely N-dealkylation sites (N-methyl/N-ethyl adjacent to an activating group) is 1. The second kappa shape index (κ2) is 5.53. The number of aryl methyl sites for hydroxylation is 1. The second-order valence-corrected chi connectivity index (χ2v) is 4.83. The van der Waals surface area contributed by atoms with E-state index in [2.05, 4.69) is 38.2 Å². The van der Waals surface area contributed by atoms with Gasteiger partial charge in [-0.2, -0.15) is 0 Å². The molecular weight excluding hydrogens is 206 g/mol. The third-order valence-electron chi connectivity index (χ3n) is 2.85. The van der Waals surface area contributed by atoms with Gasteiger partial charge in [-0.3, -0.25) is 0 Å². The van der Waals surface area contributed by atoms with Gasteiger partial charge in [-0.05, 0) is 43.5 Å². The van der Waals surface area contributed by atoms with Gasteiger partial charge >= 0.3 is 0 Å². The molecule has 0 amide bonds. The molecule has 0 heterocycles. The van der Waals surface area contributed by atoms with Crippen LogP contribution in [-0.2, 0) is 6.42 Å². The lowest BCUT2D eigenvalue weighted by atomic mass is 9.96. The number of hydrogen-bond donors (Lipinski definition) is 1. The Morgan fingerprint density at radius 3 is 2.47 bits per heavy atom. The van der Waals surface area contributed by atoms with Crippen LogP contribution < -0.4 is 5.32 Å². The maximum Gasteiger partial charge on any atom is 0.0435 e. The lowest BCUT2D eigenvalue weighted by Gasteiger charge is -2.20. The van der Waals surface area contributed by atoms with E-state index in [-0.39, 0.29) is 0 Å². The van der Waals surface area contributed by atoms with Crippen molar-refractivity contribution in [2.24, 2.45) is 5.92 Å². The average molecular weight is 226 g/mol. The summed E-state index contributed by atoms with van der Waals surface area (Å²) in [7, 11) is 2.02. The first-order valence-electron chi connectivity index (χ1n) is 5.47. The smallest absolute Gasteiger partial charge is 0.0435 e. The highest BCUT2D eigenvalue weighted by atomic mass is 35.5. The van der Waals surface area contributed by atoms with Crippen LogP contribution in [0.5, 0.6) is 0 Å². The monoisotopic (exact) mass is 225 g/mol. The van der Waals surface area contributed by atoms with Crippen LogP contribution in [0.2, 0.25) is 5.02 Å². The molecule has 0 aromatic heterocycles. The van der Waals surface area contributed by atoms with Gasteiger partial charge in [-0.25, -0.2) is 0 Å². The van der Waals surface area contributed by atoms with Crippen molar-refractivity contribution in [3.8, 4) is 0 Å². The highest BCUT2D eigenvalue weighted by molar-refractivity contribution is 6.31. The molecule has 0 fully saturated rings. The van der Waals surface area contributed by atoms with Crippen molar-refractivity contribution in [3.05, 3.63) is 34.3 Å². The van der Waals surface area contributed by atoms with Crippen LogP contribution in [0.15, 0.2) is 18.2 Å². The van der Waals surface area contributed by atoms with Gasteiger partial charge in [-0.15, -0.1) is 0 Å². The molecule has 15 heavy (non-hydrogen) atoms. The summed E-state index contributed by atoms with van der Waals surface area (Å²) in [4.78, 5) is 0. The van der Waals surface area contributed by atoms with Crippen molar-refractivity contribution in [1.29, 1.82) is 0 Å². The van der Waals surface area contributed by atoms with Gasteiger partial charge in [0.1, 0.15) is 0 Å². The zero-order chi connectivity index (χ0) is 11.4. The average Bonchev–Trinajstić information content (AvgIpc) is 2.19. The quantitative estimate of drug-likeness (QED) is 0.828. The summed E-state index contributed by atoms with van der Waals surface area (Å²) in [5.74, 6) is 0.644. The maximum absolute atomic E-state index is 6.00. The third kappa shape index (κ3) is 3.51. The molecule has 0 radical (unpaired) electrons. The zero-order valence-electron chi connectivity index (χ0n) is 9.97. The summed E-state index contributed by atoms with van der Waals surface area (Å²) >= 11 is 6.00. The standard InChI is InChI=1S/C13H20ClN/c1-9(2)13(15-4)8-11-5-6-12(14)10(3)7-11/h5-7,9,13,15H,8H2,1-4H3. The molecule has 2 heteroatoms. The Kier molecular flexibility index (Phi) is 4.62. The number of halogens is 1. The van der Waals surface area contributed by atoms with Gasteiger partial charge in [0.15, 0.2) is 0 Å². The van der Waals surface area contributed by atoms with Gasteiger partial charge in [0.2, 0.25) is 0 Å². The molecule has 0 bridgehead atoms. The molecule has 1 atom stereocenters. The van der Waals surface area contributed by atoms with Crippen LogP contribution in [0.25, 0.3) is 0 Å². The summed E-state index contributed by atoms with van der Waals surface area (Å²) in [5.41, 5.74) is 2.51. The van der Waals surface area contributed by atoms with Crippen molar-refractivity contribution in [1.82, 2.24) is 5.32 Å². The maximum atomic E-state index is 6.00. The Morgan fingerprint density at radius 1 is 1.33 bits per heavy atom. The summed E-state index contributed by atoms with van der Waals surface area (Å²) in [6, 6.07) is 6.81. The first-order valence-corrected chi connectivity index (χ1v) is 5.84. The van der Waals surface area contributed by atoms with E-state index in [1.54, 1.807) is 0 Å². The summed E-state index contributed by atoms with van der Waals surface area (Å²) in [5, 5.41) is 4.20. The van der Waals surface area contributed by atoms with Gasteiger partial charge < -0.3 is 5.32 Å². The van der Waals surface area contributed by atoms with Crippen molar-refractivity contribution >= 4 is 11.6 Å². The van der Waals surface area contributed by atoms with E-state index in [0.717, 1.165) is 17.0 Å². The predicted octanol–water partition coefficient (Wildman–Crippen LogP) is 3.43. The fourth-order valence-corrected chi connectivity index (χ4v) is 1.88. The lowest BCUT2D eigenvalue weighted by molar-refractivity contribution is 0.424. The minimum absolute atomic E-state index is 0.533. The van der Waals surface area contributed by atoms with E-state index in [1.807, 2.05) is 13.1 Å². The largest absolute Gasteiger partial charge is 0.316 e. The molecule has 1 rings (SSSR count). The van der Waals surface area contributed by atoms with Crippen LogP contribution >= 0.6 is 11.6 Å². The number of benzene rings is 1. The van der Waals surface area contributed by atoms with E-state index >= 15 is 0 Å². The van der Waals surface area contributed by atoms with E-state index in [1.165, 1.54) is 5.56 Å². The van der Waals surface area contributed by atoms with Crippen LogP contribution in [0.3, 0.4) is 0 Å². The van der Waals surface area contributed by atoms with Crippen molar-refractivity contribution < 1.29 is 0 Å². The molecule has 84 valence electrons.